The Hall–Kier alpha value is -18.0. The normalized spacial score (nSPS) is 14.4. The van der Waals surface area contributed by atoms with Crippen LogP contribution < -0.4 is 0 Å². The fourth-order valence-corrected chi connectivity index (χ4v) is 20.6. The van der Waals surface area contributed by atoms with Crippen molar-refractivity contribution in [1.82, 2.24) is 59.8 Å². The lowest BCUT2D eigenvalue weighted by atomic mass is 9.61. The third-order valence-corrected chi connectivity index (χ3v) is 26.9. The standard InChI is InChI=1S/C42H26N4.2C40H24N4/c1-2-8-35-33(7-1)40(34-20-14-27-6-5-23-44-41(27)42(34)46-35)32-19-13-26-11-17-30-29(16-10-25-12-18-31(32)39(26)38(25)30)28-15-21-37(45-24-28)36-9-3-4-22-43-36;1-2-9-35-31(8-1)38(32-20-17-26-7-6-22-42-39(26)40(32)44-35)29-16-14-25-13-15-27-23-28(18-19-30(27)33(25)24-29)34-11-5-12-37(43-34)36-10-3-4-21-41-36;1-2-9-35-32(8-1)38(33-20-15-25-7-6-22-42-39(25)40(33)44-35)29-17-19-31-27(24-29)14-13-26-23-28(16-18-30(26)31)34-11-5-12-37(43-34)36-10-3-4-21-41-36/h1-24,38-39H;2*1-24H. The molecule has 0 N–H and O–H groups in total. The van der Waals surface area contributed by atoms with Crippen LogP contribution >= 0.6 is 0 Å². The monoisotopic (exact) mass is 1710 g/mol. The largest absolute Gasteiger partial charge is 0.255 e. The van der Waals surface area contributed by atoms with E-state index in [2.05, 4.69) is 312 Å². The number of aromatic nitrogens is 12. The molecule has 12 heteroatoms. The first-order chi connectivity index (χ1) is 66.4. The number of fused-ring (bicyclic) bond motifs is 18. The Balaban J connectivity index is 0.000000105. The van der Waals surface area contributed by atoms with Crippen LogP contribution in [-0.2, 0) is 0 Å². The molecule has 2 atom stereocenters. The van der Waals surface area contributed by atoms with Crippen LogP contribution in [-0.4, -0.2) is 59.8 Å². The predicted octanol–water partition coefficient (Wildman–Crippen LogP) is 29.5. The summed E-state index contributed by atoms with van der Waals surface area (Å²) in [5, 5.41) is 19.7. The fraction of sp³-hybridized carbons (Fsp3) is 0.0164. The number of nitrogens with zero attached hydrogens (tertiary/aromatic N) is 12. The summed E-state index contributed by atoms with van der Waals surface area (Å²) in [5.74, 6) is 0.457. The number of para-hydroxylation sites is 3. The molecule has 0 radical (unpaired) electrons. The highest BCUT2D eigenvalue weighted by Gasteiger charge is 2.41. The van der Waals surface area contributed by atoms with E-state index in [4.69, 9.17) is 44.9 Å². The van der Waals surface area contributed by atoms with Gasteiger partial charge in [0.05, 0.1) is 95.2 Å². The molecule has 12 aromatic carbocycles. The van der Waals surface area contributed by atoms with Gasteiger partial charge in [0.1, 0.15) is 0 Å². The quantitative estimate of drug-likeness (QED) is 0.0998. The van der Waals surface area contributed by atoms with Crippen molar-refractivity contribution >= 4 is 152 Å². The Bertz CT molecular complexity index is 9330. The van der Waals surface area contributed by atoms with Crippen molar-refractivity contribution in [3.63, 3.8) is 0 Å². The Morgan fingerprint density at radius 2 is 0.582 bits per heavy atom. The van der Waals surface area contributed by atoms with E-state index in [0.717, 1.165) is 166 Å². The Kier molecular flexibility index (Phi) is 18.4. The summed E-state index contributed by atoms with van der Waals surface area (Å²) >= 11 is 0. The smallest absolute Gasteiger partial charge is 0.0978 e. The summed E-state index contributed by atoms with van der Waals surface area (Å²) in [4.78, 5) is 57.7. The fourth-order valence-electron chi connectivity index (χ4n) is 20.6. The molecule has 4 aliphatic carbocycles. The van der Waals surface area contributed by atoms with Crippen molar-refractivity contribution in [1.29, 1.82) is 0 Å². The van der Waals surface area contributed by atoms with E-state index >= 15 is 0 Å². The molecular weight excluding hydrogens is 1630 g/mol. The third-order valence-electron chi connectivity index (χ3n) is 26.9. The first-order valence-corrected chi connectivity index (χ1v) is 45.1. The molecule has 622 valence electrons. The first kappa shape index (κ1) is 77.2. The Labute approximate surface area is 768 Å². The Morgan fingerprint density at radius 1 is 0.194 bits per heavy atom. The van der Waals surface area contributed by atoms with E-state index in [1.165, 1.54) is 98.8 Å². The molecule has 28 rings (SSSR count). The average molecular weight is 1710 g/mol. The lowest BCUT2D eigenvalue weighted by molar-refractivity contribution is 0.569. The zero-order valence-corrected chi connectivity index (χ0v) is 72.1. The number of rotatable bonds is 9. The van der Waals surface area contributed by atoms with Gasteiger partial charge in [0.25, 0.3) is 0 Å². The van der Waals surface area contributed by atoms with Crippen molar-refractivity contribution in [2.24, 2.45) is 11.8 Å². The highest BCUT2D eigenvalue weighted by Crippen LogP contribution is 2.56. The van der Waals surface area contributed by atoms with Crippen LogP contribution in [0.5, 0.6) is 0 Å². The second kappa shape index (κ2) is 32.0. The van der Waals surface area contributed by atoms with Crippen LogP contribution in [0.2, 0.25) is 0 Å². The second-order valence-electron chi connectivity index (χ2n) is 34.4. The molecular formula is C122H74N12. The van der Waals surface area contributed by atoms with Gasteiger partial charge in [0.15, 0.2) is 0 Å². The van der Waals surface area contributed by atoms with Crippen molar-refractivity contribution in [3.8, 4) is 78.9 Å². The zero-order valence-electron chi connectivity index (χ0n) is 72.1. The maximum Gasteiger partial charge on any atom is 0.0978 e. The summed E-state index contributed by atoms with van der Waals surface area (Å²) in [7, 11) is 0. The van der Waals surface area contributed by atoms with Gasteiger partial charge in [-0.15, -0.1) is 0 Å². The number of hydrogen-bond donors (Lipinski definition) is 0. The lowest BCUT2D eigenvalue weighted by Gasteiger charge is -2.42. The molecule has 0 saturated heterocycles. The van der Waals surface area contributed by atoms with Gasteiger partial charge in [-0.25, -0.2) is 24.9 Å². The molecule has 24 aromatic rings. The lowest BCUT2D eigenvalue weighted by Crippen LogP contribution is -2.30. The number of benzene rings is 12. The molecule has 0 saturated carbocycles. The van der Waals surface area contributed by atoms with Crippen molar-refractivity contribution < 1.29 is 0 Å². The SMILES string of the molecule is C1=CC2=C(c3ccc(-c4ccccn4)nc3)C=CC3=CC=C4C(c5c6ccccc6nc6c5ccc5cccnc56)=CC=C1C4C32.c1ccc(-c2cccc(-c3ccc4c(ccc5cc(-c6c7ccccc7nc7c6ccc6cccnc67)ccc54)c3)n2)nc1.c1ccc(-c2cccc(-c3ccc4c(ccc5ccc(-c6c7ccccc7nc7c6ccc6cccnc67)cc54)c3)n2)nc1. The number of allylic oxidation sites excluding steroid dienone is 14. The summed E-state index contributed by atoms with van der Waals surface area (Å²) in [6.45, 7) is 0. The third kappa shape index (κ3) is 13.3. The van der Waals surface area contributed by atoms with Gasteiger partial charge >= 0.3 is 0 Å². The molecule has 0 aliphatic heterocycles. The van der Waals surface area contributed by atoms with Crippen LogP contribution in [0.25, 0.3) is 231 Å². The average Bonchev–Trinajstić information content (AvgIpc) is 0.711. The van der Waals surface area contributed by atoms with Gasteiger partial charge in [0, 0.05) is 137 Å². The van der Waals surface area contributed by atoms with Crippen molar-refractivity contribution in [2.45, 2.75) is 0 Å². The van der Waals surface area contributed by atoms with Crippen LogP contribution in [0.3, 0.4) is 0 Å². The summed E-state index contributed by atoms with van der Waals surface area (Å²) in [6.07, 6.45) is 31.5. The zero-order chi connectivity index (χ0) is 88.3. The van der Waals surface area contributed by atoms with Gasteiger partial charge in [-0.1, -0.05) is 267 Å². The molecule has 12 nitrogen and oxygen atoms in total. The maximum absolute atomic E-state index is 5.16. The minimum atomic E-state index is 0.223. The molecule has 4 aliphatic rings. The number of pyridine rings is 12. The van der Waals surface area contributed by atoms with Gasteiger partial charge in [0.2, 0.25) is 0 Å². The van der Waals surface area contributed by atoms with E-state index < -0.39 is 0 Å². The van der Waals surface area contributed by atoms with E-state index in [-0.39, 0.29) is 11.8 Å². The molecule has 0 fully saturated rings. The minimum Gasteiger partial charge on any atom is -0.255 e. The molecule has 12 heterocycles. The maximum atomic E-state index is 5.16. The summed E-state index contributed by atoms with van der Waals surface area (Å²) in [5.41, 5.74) is 32.7. The van der Waals surface area contributed by atoms with Gasteiger partial charge in [-0.2, -0.15) is 0 Å². The van der Waals surface area contributed by atoms with E-state index in [0.29, 0.717) is 0 Å². The van der Waals surface area contributed by atoms with Gasteiger partial charge in [-0.05, 0) is 215 Å². The molecule has 134 heavy (non-hydrogen) atoms. The van der Waals surface area contributed by atoms with Gasteiger partial charge < -0.3 is 0 Å². The molecule has 0 bridgehead atoms. The highest BCUT2D eigenvalue weighted by atomic mass is 14.8. The molecule has 12 aromatic heterocycles. The second-order valence-corrected chi connectivity index (χ2v) is 34.4. The minimum absolute atomic E-state index is 0.223. The Morgan fingerprint density at radius 3 is 1.10 bits per heavy atom. The summed E-state index contributed by atoms with van der Waals surface area (Å²) in [6, 6.07) is 121. The molecule has 2 unspecified atom stereocenters. The first-order valence-electron chi connectivity index (χ1n) is 45.1. The van der Waals surface area contributed by atoms with E-state index in [1.54, 1.807) is 12.4 Å². The van der Waals surface area contributed by atoms with E-state index in [1.807, 2.05) is 128 Å². The van der Waals surface area contributed by atoms with Crippen LogP contribution in [0.4, 0.5) is 0 Å². The van der Waals surface area contributed by atoms with Crippen LogP contribution in [0.15, 0.2) is 460 Å². The highest BCUT2D eigenvalue weighted by molar-refractivity contribution is 6.21. The topological polar surface area (TPSA) is 155 Å². The molecule has 0 spiro atoms. The van der Waals surface area contributed by atoms with Gasteiger partial charge in [-0.3, -0.25) is 34.9 Å². The molecule has 0 amide bonds. The number of hydrogen-bond acceptors (Lipinski definition) is 12. The van der Waals surface area contributed by atoms with Crippen molar-refractivity contribution in [3.05, 3.63) is 471 Å². The van der Waals surface area contributed by atoms with Crippen molar-refractivity contribution in [2.75, 3.05) is 0 Å². The summed E-state index contributed by atoms with van der Waals surface area (Å²) < 4.78 is 0. The van der Waals surface area contributed by atoms with Crippen LogP contribution in [0.1, 0.15) is 11.1 Å². The van der Waals surface area contributed by atoms with Crippen LogP contribution in [0, 0.1) is 11.8 Å². The van der Waals surface area contributed by atoms with E-state index in [9.17, 15) is 0 Å². The predicted molar refractivity (Wildman–Crippen MR) is 549 cm³/mol.